The van der Waals surface area contributed by atoms with Crippen molar-refractivity contribution in [2.75, 3.05) is 4.90 Å². The molecular weight excluding hydrogens is 482 g/mol. The Hall–Kier alpha value is -2.37. The summed E-state index contributed by atoms with van der Waals surface area (Å²) in [5.74, 6) is -0.619. The zero-order valence-electron chi connectivity index (χ0n) is 15.1. The molecule has 1 unspecified atom stereocenters. The summed E-state index contributed by atoms with van der Waals surface area (Å²) in [7, 11) is 0. The Morgan fingerprint density at radius 1 is 0.893 bits per heavy atom. The van der Waals surface area contributed by atoms with Gasteiger partial charge in [-0.2, -0.15) is 0 Å². The second-order valence-electron chi connectivity index (χ2n) is 6.70. The highest BCUT2D eigenvalue weighted by Crippen LogP contribution is 2.47. The molecule has 1 N–H and O–H groups in total. The van der Waals surface area contributed by atoms with Gasteiger partial charge in [0.2, 0.25) is 0 Å². The van der Waals surface area contributed by atoms with E-state index < -0.39 is 11.9 Å². The SMILES string of the molecule is Cc1ccc(C2=C(O)C(=O)N(c3ccc(Br)cc3)C2c2ccccc2Br)cc1. The topological polar surface area (TPSA) is 40.5 Å². The number of anilines is 1. The van der Waals surface area contributed by atoms with E-state index in [4.69, 9.17) is 0 Å². The van der Waals surface area contributed by atoms with Gasteiger partial charge in [0.25, 0.3) is 5.91 Å². The number of rotatable bonds is 3. The number of amides is 1. The number of nitrogens with zero attached hydrogens (tertiary/aromatic N) is 1. The molecule has 1 heterocycles. The third-order valence-electron chi connectivity index (χ3n) is 4.88. The largest absolute Gasteiger partial charge is 0.503 e. The van der Waals surface area contributed by atoms with Crippen LogP contribution in [0.1, 0.15) is 22.7 Å². The second-order valence-corrected chi connectivity index (χ2v) is 8.47. The molecular formula is C23H17Br2NO2. The maximum Gasteiger partial charge on any atom is 0.294 e. The highest BCUT2D eigenvalue weighted by molar-refractivity contribution is 9.10. The molecule has 140 valence electrons. The molecule has 3 aromatic rings. The standard InChI is InChI=1S/C23H17Br2NO2/c1-14-6-8-15(9-7-14)20-21(18-4-2-3-5-19(18)25)26(23(28)22(20)27)17-12-10-16(24)11-13-17/h2-13,21,27H,1H3. The van der Waals surface area contributed by atoms with Crippen molar-refractivity contribution >= 4 is 49.0 Å². The second kappa shape index (κ2) is 7.57. The van der Waals surface area contributed by atoms with Crippen LogP contribution in [-0.4, -0.2) is 11.0 Å². The van der Waals surface area contributed by atoms with Crippen LogP contribution >= 0.6 is 31.9 Å². The maximum absolute atomic E-state index is 13.1. The number of benzene rings is 3. The first-order valence-electron chi connectivity index (χ1n) is 8.81. The molecule has 3 nitrogen and oxygen atoms in total. The van der Waals surface area contributed by atoms with Crippen LogP contribution < -0.4 is 4.90 Å². The monoisotopic (exact) mass is 497 g/mol. The first-order chi connectivity index (χ1) is 13.5. The van der Waals surface area contributed by atoms with Gasteiger partial charge in [0, 0.05) is 20.2 Å². The highest BCUT2D eigenvalue weighted by atomic mass is 79.9. The Balaban J connectivity index is 1.93. The summed E-state index contributed by atoms with van der Waals surface area (Å²) in [6, 6.07) is 22.7. The average molecular weight is 499 g/mol. The van der Waals surface area contributed by atoms with E-state index >= 15 is 0 Å². The number of halogens is 2. The van der Waals surface area contributed by atoms with E-state index in [0.717, 1.165) is 31.3 Å². The molecule has 0 bridgehead atoms. The van der Waals surface area contributed by atoms with Crippen molar-refractivity contribution < 1.29 is 9.90 Å². The van der Waals surface area contributed by atoms with Crippen LogP contribution in [0.15, 0.2) is 87.5 Å². The van der Waals surface area contributed by atoms with Crippen molar-refractivity contribution in [3.05, 3.63) is 104 Å². The number of aliphatic hydroxyl groups excluding tert-OH is 1. The number of aliphatic hydroxyl groups is 1. The van der Waals surface area contributed by atoms with Crippen LogP contribution in [0.3, 0.4) is 0 Å². The molecule has 0 fully saturated rings. The summed E-state index contributed by atoms with van der Waals surface area (Å²) >= 11 is 7.06. The minimum Gasteiger partial charge on any atom is -0.503 e. The molecule has 1 amide bonds. The van der Waals surface area contributed by atoms with Gasteiger partial charge in [0.1, 0.15) is 0 Å². The fraction of sp³-hybridized carbons (Fsp3) is 0.0870. The predicted octanol–water partition coefficient (Wildman–Crippen LogP) is 6.58. The molecule has 0 aromatic heterocycles. The van der Waals surface area contributed by atoms with E-state index in [1.165, 1.54) is 0 Å². The third kappa shape index (κ3) is 3.29. The van der Waals surface area contributed by atoms with Gasteiger partial charge < -0.3 is 5.11 Å². The van der Waals surface area contributed by atoms with E-state index in [9.17, 15) is 9.90 Å². The lowest BCUT2D eigenvalue weighted by molar-refractivity contribution is -0.117. The quantitative estimate of drug-likeness (QED) is 0.443. The molecule has 4 rings (SSSR count). The number of hydrogen-bond acceptors (Lipinski definition) is 2. The van der Waals surface area contributed by atoms with Crippen LogP contribution in [0.25, 0.3) is 5.57 Å². The van der Waals surface area contributed by atoms with Gasteiger partial charge in [-0.05, 0) is 48.4 Å². The maximum atomic E-state index is 13.1. The van der Waals surface area contributed by atoms with Crippen molar-refractivity contribution in [1.29, 1.82) is 0 Å². The minimum atomic E-state index is -0.438. The first-order valence-corrected chi connectivity index (χ1v) is 10.4. The van der Waals surface area contributed by atoms with Gasteiger partial charge in [-0.1, -0.05) is 79.9 Å². The molecule has 3 aromatic carbocycles. The molecule has 28 heavy (non-hydrogen) atoms. The molecule has 0 spiro atoms. The number of hydrogen-bond donors (Lipinski definition) is 1. The predicted molar refractivity (Wildman–Crippen MR) is 119 cm³/mol. The fourth-order valence-electron chi connectivity index (χ4n) is 3.49. The Morgan fingerprint density at radius 3 is 2.18 bits per heavy atom. The molecule has 0 saturated heterocycles. The number of carbonyl (C=O) groups excluding carboxylic acids is 1. The van der Waals surface area contributed by atoms with Crippen LogP contribution in [-0.2, 0) is 4.79 Å². The van der Waals surface area contributed by atoms with Gasteiger partial charge in [-0.15, -0.1) is 0 Å². The lowest BCUT2D eigenvalue weighted by atomic mass is 9.93. The minimum absolute atomic E-state index is 0.215. The fourth-order valence-corrected chi connectivity index (χ4v) is 4.26. The van der Waals surface area contributed by atoms with Crippen LogP contribution in [0.5, 0.6) is 0 Å². The Morgan fingerprint density at radius 2 is 1.54 bits per heavy atom. The van der Waals surface area contributed by atoms with E-state index in [1.807, 2.05) is 79.7 Å². The van der Waals surface area contributed by atoms with Crippen molar-refractivity contribution in [1.82, 2.24) is 0 Å². The molecule has 1 aliphatic rings. The summed E-state index contributed by atoms with van der Waals surface area (Å²) in [6.07, 6.45) is 0. The van der Waals surface area contributed by atoms with Gasteiger partial charge >= 0.3 is 0 Å². The van der Waals surface area contributed by atoms with Gasteiger partial charge in [-0.25, -0.2) is 0 Å². The molecule has 0 radical (unpaired) electrons. The lowest BCUT2D eigenvalue weighted by Gasteiger charge is -2.28. The van der Waals surface area contributed by atoms with Crippen molar-refractivity contribution in [3.8, 4) is 0 Å². The normalized spacial score (nSPS) is 16.8. The van der Waals surface area contributed by atoms with Crippen LogP contribution in [0.4, 0.5) is 5.69 Å². The van der Waals surface area contributed by atoms with Crippen molar-refractivity contribution in [2.45, 2.75) is 13.0 Å². The highest BCUT2D eigenvalue weighted by Gasteiger charge is 2.42. The zero-order valence-corrected chi connectivity index (χ0v) is 18.2. The summed E-state index contributed by atoms with van der Waals surface area (Å²) in [4.78, 5) is 14.8. The molecule has 1 atom stereocenters. The lowest BCUT2D eigenvalue weighted by Crippen LogP contribution is -2.30. The van der Waals surface area contributed by atoms with Crippen molar-refractivity contribution in [3.63, 3.8) is 0 Å². The average Bonchev–Trinajstić information content (AvgIpc) is 2.95. The van der Waals surface area contributed by atoms with Gasteiger partial charge in [-0.3, -0.25) is 9.69 Å². The molecule has 1 aliphatic heterocycles. The summed E-state index contributed by atoms with van der Waals surface area (Å²) in [5.41, 5.74) is 4.20. The number of carbonyl (C=O) groups is 1. The van der Waals surface area contributed by atoms with E-state index in [-0.39, 0.29) is 5.76 Å². The smallest absolute Gasteiger partial charge is 0.294 e. The summed E-state index contributed by atoms with van der Waals surface area (Å²) in [6.45, 7) is 2.01. The molecule has 0 aliphatic carbocycles. The Bertz CT molecular complexity index is 1070. The first kappa shape index (κ1) is 19.0. The number of aryl methyl sites for hydroxylation is 1. The van der Waals surface area contributed by atoms with Gasteiger partial charge in [0.15, 0.2) is 5.76 Å². The molecule has 5 heteroatoms. The summed E-state index contributed by atoms with van der Waals surface area (Å²) in [5, 5.41) is 10.9. The van der Waals surface area contributed by atoms with Crippen LogP contribution in [0.2, 0.25) is 0 Å². The Labute approximate surface area is 180 Å². The molecule has 0 saturated carbocycles. The van der Waals surface area contributed by atoms with Crippen molar-refractivity contribution in [2.24, 2.45) is 0 Å². The van der Waals surface area contributed by atoms with Crippen LogP contribution in [0, 0.1) is 6.92 Å². The summed E-state index contributed by atoms with van der Waals surface area (Å²) < 4.78 is 1.81. The van der Waals surface area contributed by atoms with Gasteiger partial charge in [0.05, 0.1) is 6.04 Å². The third-order valence-corrected chi connectivity index (χ3v) is 6.13. The van der Waals surface area contributed by atoms with E-state index in [2.05, 4.69) is 31.9 Å². The van der Waals surface area contributed by atoms with E-state index in [0.29, 0.717) is 5.57 Å². The zero-order chi connectivity index (χ0) is 19.8. The van der Waals surface area contributed by atoms with E-state index in [1.54, 1.807) is 4.90 Å². The Kier molecular flexibility index (Phi) is 5.13.